The lowest BCUT2D eigenvalue weighted by molar-refractivity contribution is -0.0119. The maximum Gasteiger partial charge on any atom is 0.192 e. The quantitative estimate of drug-likeness (QED) is 0.182. The lowest BCUT2D eigenvalue weighted by atomic mass is 9.75. The smallest absolute Gasteiger partial charge is 0.192 e. The largest absolute Gasteiger partial charge is 0.413 e. The highest BCUT2D eigenvalue weighted by Gasteiger charge is 2.46. The van der Waals surface area contributed by atoms with Crippen LogP contribution in [0.25, 0.3) is 0 Å². The molecule has 1 N–H and O–H groups in total. The molecule has 0 aromatic carbocycles. The first-order valence-electron chi connectivity index (χ1n) is 15.0. The van der Waals surface area contributed by atoms with Gasteiger partial charge in [0.05, 0.1) is 11.7 Å². The van der Waals surface area contributed by atoms with E-state index in [0.29, 0.717) is 17.9 Å². The van der Waals surface area contributed by atoms with Crippen LogP contribution in [0.15, 0.2) is 11.6 Å². The van der Waals surface area contributed by atoms with Gasteiger partial charge in [-0.15, -0.1) is 0 Å². The van der Waals surface area contributed by atoms with Crippen molar-refractivity contribution in [2.75, 3.05) is 6.61 Å². The van der Waals surface area contributed by atoms with Crippen LogP contribution in [0, 0.1) is 11.8 Å². The standard InChI is InChI=1S/C30H60O3Si2/c1-10-35(11-2,12-3)32-28-21-20-25(27(28)19-16-24-31)22-23-30(7,26-17-14-13-15-18-26)33-34(8,9)29(4,5)6/h20,26-28,31H,10-19,21-24H2,1-9H3. The van der Waals surface area contributed by atoms with Gasteiger partial charge in [0.15, 0.2) is 16.6 Å². The Morgan fingerprint density at radius 1 is 0.971 bits per heavy atom. The van der Waals surface area contributed by atoms with Gasteiger partial charge in [-0.05, 0) is 94.1 Å². The number of rotatable bonds is 14. The molecule has 3 nitrogen and oxygen atoms in total. The second-order valence-electron chi connectivity index (χ2n) is 13.4. The van der Waals surface area contributed by atoms with E-state index in [1.54, 1.807) is 5.57 Å². The molecule has 206 valence electrons. The topological polar surface area (TPSA) is 38.7 Å². The minimum Gasteiger partial charge on any atom is -0.413 e. The Labute approximate surface area is 221 Å². The van der Waals surface area contributed by atoms with Gasteiger partial charge in [0.2, 0.25) is 0 Å². The lowest BCUT2D eigenvalue weighted by Gasteiger charge is -2.49. The summed E-state index contributed by atoms with van der Waals surface area (Å²) in [7, 11) is -3.52. The highest BCUT2D eigenvalue weighted by molar-refractivity contribution is 6.74. The molecule has 2 rings (SSSR count). The van der Waals surface area contributed by atoms with Crippen molar-refractivity contribution in [2.45, 2.75) is 161 Å². The molecule has 0 saturated heterocycles. The number of hydrogen-bond acceptors (Lipinski definition) is 3. The Hall–Kier alpha value is 0.0538. The van der Waals surface area contributed by atoms with Crippen molar-refractivity contribution in [2.24, 2.45) is 11.8 Å². The first-order chi connectivity index (χ1) is 16.4. The average Bonchev–Trinajstić information content (AvgIpc) is 3.20. The fourth-order valence-electron chi connectivity index (χ4n) is 6.42. The second-order valence-corrected chi connectivity index (χ2v) is 22.8. The van der Waals surface area contributed by atoms with Crippen LogP contribution in [-0.2, 0) is 8.85 Å². The predicted octanol–water partition coefficient (Wildman–Crippen LogP) is 9.24. The molecule has 35 heavy (non-hydrogen) atoms. The highest BCUT2D eigenvalue weighted by Crippen LogP contribution is 2.47. The molecule has 5 heteroatoms. The van der Waals surface area contributed by atoms with E-state index >= 15 is 0 Å². The summed E-state index contributed by atoms with van der Waals surface area (Å²) in [5.41, 5.74) is 1.55. The van der Waals surface area contributed by atoms with E-state index in [9.17, 15) is 5.11 Å². The molecule has 3 atom stereocenters. The zero-order valence-corrected chi connectivity index (χ0v) is 27.0. The summed E-state index contributed by atoms with van der Waals surface area (Å²) in [6, 6.07) is 3.62. The SMILES string of the molecule is CC[Si](CC)(CC)OC1CC=C(CCC(C)(O[Si](C)(C)C(C)(C)C)C2CCCCC2)C1CCCO. The molecular weight excluding hydrogens is 464 g/mol. The zero-order valence-electron chi connectivity index (χ0n) is 25.0. The van der Waals surface area contributed by atoms with E-state index in [2.05, 4.69) is 67.6 Å². The molecule has 0 aromatic rings. The maximum atomic E-state index is 9.64. The van der Waals surface area contributed by atoms with Crippen molar-refractivity contribution in [1.29, 1.82) is 0 Å². The van der Waals surface area contributed by atoms with Gasteiger partial charge in [0.1, 0.15) is 0 Å². The van der Waals surface area contributed by atoms with Crippen molar-refractivity contribution in [3.63, 3.8) is 0 Å². The molecule has 0 radical (unpaired) electrons. The maximum absolute atomic E-state index is 9.64. The Balaban J connectivity index is 2.21. The third-order valence-corrected chi connectivity index (χ3v) is 19.5. The van der Waals surface area contributed by atoms with Gasteiger partial charge in [-0.2, -0.15) is 0 Å². The summed E-state index contributed by atoms with van der Waals surface area (Å²) in [6.45, 7) is 21.7. The van der Waals surface area contributed by atoms with Crippen LogP contribution in [0.1, 0.15) is 113 Å². The Kier molecular flexibility index (Phi) is 11.8. The van der Waals surface area contributed by atoms with E-state index in [4.69, 9.17) is 8.85 Å². The average molecular weight is 525 g/mol. The monoisotopic (exact) mass is 524 g/mol. The van der Waals surface area contributed by atoms with Gasteiger partial charge in [-0.1, -0.05) is 72.5 Å². The van der Waals surface area contributed by atoms with Crippen molar-refractivity contribution in [3.8, 4) is 0 Å². The molecule has 0 aromatic heterocycles. The zero-order chi connectivity index (χ0) is 26.3. The molecule has 1 fully saturated rings. The summed E-state index contributed by atoms with van der Waals surface area (Å²) >= 11 is 0. The highest BCUT2D eigenvalue weighted by atomic mass is 28.4. The molecule has 2 aliphatic carbocycles. The Morgan fingerprint density at radius 2 is 1.57 bits per heavy atom. The van der Waals surface area contributed by atoms with Crippen LogP contribution < -0.4 is 0 Å². The fourth-order valence-corrected chi connectivity index (χ4v) is 11.1. The van der Waals surface area contributed by atoms with Gasteiger partial charge >= 0.3 is 0 Å². The third kappa shape index (κ3) is 8.02. The van der Waals surface area contributed by atoms with Crippen molar-refractivity contribution in [1.82, 2.24) is 0 Å². The summed E-state index contributed by atoms with van der Waals surface area (Å²) in [4.78, 5) is 0. The molecule has 1 saturated carbocycles. The first kappa shape index (κ1) is 31.3. The minimum atomic E-state index is -1.87. The summed E-state index contributed by atoms with van der Waals surface area (Å²) < 4.78 is 14.4. The first-order valence-corrected chi connectivity index (χ1v) is 20.5. The molecule has 0 spiro atoms. The van der Waals surface area contributed by atoms with Gasteiger partial charge in [-0.25, -0.2) is 0 Å². The molecule has 0 amide bonds. The third-order valence-electron chi connectivity index (χ3n) is 10.2. The van der Waals surface area contributed by atoms with E-state index < -0.39 is 16.6 Å². The predicted molar refractivity (Wildman–Crippen MR) is 157 cm³/mol. The van der Waals surface area contributed by atoms with Crippen LogP contribution in [0.5, 0.6) is 0 Å². The van der Waals surface area contributed by atoms with E-state index in [-0.39, 0.29) is 17.2 Å². The molecule has 0 heterocycles. The number of aliphatic hydroxyl groups excluding tert-OH is 1. The molecule has 0 bridgehead atoms. The summed E-state index contributed by atoms with van der Waals surface area (Å²) in [5.74, 6) is 1.15. The van der Waals surface area contributed by atoms with Crippen LogP contribution in [0.2, 0.25) is 36.3 Å². The van der Waals surface area contributed by atoms with Gasteiger partial charge in [0.25, 0.3) is 0 Å². The second kappa shape index (κ2) is 13.2. The van der Waals surface area contributed by atoms with Crippen LogP contribution >= 0.6 is 0 Å². The van der Waals surface area contributed by atoms with Crippen LogP contribution in [0.3, 0.4) is 0 Å². The Morgan fingerprint density at radius 3 is 2.09 bits per heavy atom. The molecule has 0 aliphatic heterocycles. The summed E-state index contributed by atoms with van der Waals surface area (Å²) in [5, 5.41) is 9.87. The Bertz CT molecular complexity index is 651. The van der Waals surface area contributed by atoms with Crippen LogP contribution in [-0.4, -0.2) is 40.1 Å². The molecular formula is C30H60O3Si2. The molecule has 2 aliphatic rings. The van der Waals surface area contributed by atoms with Crippen molar-refractivity contribution in [3.05, 3.63) is 11.6 Å². The normalized spacial score (nSPS) is 24.5. The molecule has 3 unspecified atom stereocenters. The number of aliphatic hydroxyl groups is 1. The number of hydrogen-bond donors (Lipinski definition) is 1. The van der Waals surface area contributed by atoms with E-state index in [1.165, 1.54) is 50.2 Å². The minimum absolute atomic E-state index is 0.0422. The van der Waals surface area contributed by atoms with Crippen LogP contribution in [0.4, 0.5) is 0 Å². The van der Waals surface area contributed by atoms with Crippen molar-refractivity contribution < 1.29 is 14.0 Å². The van der Waals surface area contributed by atoms with E-state index in [1.807, 2.05) is 0 Å². The van der Waals surface area contributed by atoms with Gasteiger partial charge in [0, 0.05) is 12.5 Å². The van der Waals surface area contributed by atoms with Gasteiger partial charge < -0.3 is 14.0 Å². The van der Waals surface area contributed by atoms with Gasteiger partial charge in [-0.3, -0.25) is 0 Å². The van der Waals surface area contributed by atoms with Crippen molar-refractivity contribution >= 4 is 16.6 Å². The summed E-state index contributed by atoms with van der Waals surface area (Å²) in [6.07, 6.45) is 14.8. The lowest BCUT2D eigenvalue weighted by Crippen LogP contribution is -2.52. The van der Waals surface area contributed by atoms with E-state index in [0.717, 1.165) is 32.1 Å². The fraction of sp³-hybridized carbons (Fsp3) is 0.933.